The largest absolute Gasteiger partial charge is 0.452 e. The molecule has 14 heteroatoms. The number of benzene rings is 2. The zero-order valence-electron chi connectivity index (χ0n) is 23.9. The summed E-state index contributed by atoms with van der Waals surface area (Å²) in [6.45, 7) is 3.25. The highest BCUT2D eigenvalue weighted by molar-refractivity contribution is 6.30. The van der Waals surface area contributed by atoms with Crippen LogP contribution < -0.4 is 15.5 Å². The zero-order chi connectivity index (χ0) is 31.5. The van der Waals surface area contributed by atoms with Gasteiger partial charge >= 0.3 is 0 Å². The maximum absolute atomic E-state index is 12.8. The molecule has 44 heavy (non-hydrogen) atoms. The van der Waals surface area contributed by atoms with Crippen molar-refractivity contribution in [2.24, 2.45) is 0 Å². The molecule has 7 N–H and O–H groups in total. The van der Waals surface area contributed by atoms with Gasteiger partial charge in [-0.1, -0.05) is 35.9 Å². The highest BCUT2D eigenvalue weighted by atomic mass is 35.5. The molecule has 0 radical (unpaired) electrons. The lowest BCUT2D eigenvalue weighted by molar-refractivity contribution is -0.155. The first-order valence-electron chi connectivity index (χ1n) is 13.9. The Labute approximate surface area is 258 Å². The molecule has 5 rings (SSSR count). The Bertz CT molecular complexity index is 1390. The van der Waals surface area contributed by atoms with Crippen molar-refractivity contribution >= 4 is 23.6 Å². The highest BCUT2D eigenvalue weighted by Crippen LogP contribution is 2.31. The summed E-state index contributed by atoms with van der Waals surface area (Å²) in [4.78, 5) is 18.3. The lowest BCUT2D eigenvalue weighted by atomic mass is 9.83. The molecule has 2 aromatic carbocycles. The summed E-state index contributed by atoms with van der Waals surface area (Å²) < 4.78 is 22.0. The first-order chi connectivity index (χ1) is 21.0. The maximum Gasteiger partial charge on any atom is 0.269 e. The van der Waals surface area contributed by atoms with Crippen molar-refractivity contribution in [2.45, 2.75) is 75.5 Å². The van der Waals surface area contributed by atoms with Crippen molar-refractivity contribution in [1.29, 1.82) is 0 Å². The normalized spacial score (nSPS) is 32.9. The molecule has 6 unspecified atom stereocenters. The fourth-order valence-electron chi connectivity index (χ4n) is 5.19. The fourth-order valence-corrected chi connectivity index (χ4v) is 5.40. The summed E-state index contributed by atoms with van der Waals surface area (Å²) in [7, 11) is 0. The second-order valence-electron chi connectivity index (χ2n) is 10.8. The van der Waals surface area contributed by atoms with Crippen LogP contribution in [0.4, 0.5) is 0 Å². The molecule has 2 saturated heterocycles. The molecular formula is C30H35ClN2O11. The van der Waals surface area contributed by atoms with E-state index in [1.54, 1.807) is 62.4 Å². The van der Waals surface area contributed by atoms with Gasteiger partial charge in [-0.25, -0.2) is 0 Å². The van der Waals surface area contributed by atoms with E-state index in [1.807, 2.05) is 6.07 Å². The van der Waals surface area contributed by atoms with Crippen LogP contribution in [-0.2, 0) is 30.4 Å². The topological polar surface area (TPSA) is 188 Å². The third-order valence-corrected chi connectivity index (χ3v) is 7.85. The third kappa shape index (κ3) is 7.01. The van der Waals surface area contributed by atoms with Crippen LogP contribution in [0.1, 0.15) is 25.0 Å². The molecule has 9 atom stereocenters. The van der Waals surface area contributed by atoms with Gasteiger partial charge in [0.2, 0.25) is 5.91 Å². The summed E-state index contributed by atoms with van der Waals surface area (Å²) in [6.07, 6.45) is -8.17. The number of ether oxygens (including phenoxy) is 4. The first-order valence-corrected chi connectivity index (χ1v) is 14.3. The van der Waals surface area contributed by atoms with Gasteiger partial charge in [-0.2, -0.15) is 0 Å². The van der Waals surface area contributed by atoms with Gasteiger partial charge in [-0.05, 0) is 55.3 Å². The monoisotopic (exact) mass is 634 g/mol. The van der Waals surface area contributed by atoms with Crippen LogP contribution in [0.25, 0.3) is 6.08 Å². The molecule has 1 saturated carbocycles. The second-order valence-corrected chi connectivity index (χ2v) is 11.2. The van der Waals surface area contributed by atoms with Gasteiger partial charge in [0.25, 0.3) is 6.29 Å². The third-order valence-electron chi connectivity index (χ3n) is 7.61. The van der Waals surface area contributed by atoms with Crippen LogP contribution in [0.15, 0.2) is 65.6 Å². The van der Waals surface area contributed by atoms with Crippen molar-refractivity contribution in [1.82, 2.24) is 10.8 Å². The van der Waals surface area contributed by atoms with Gasteiger partial charge in [0.15, 0.2) is 11.9 Å². The number of nitrogens with one attached hydrogen (secondary N) is 2. The Kier molecular flexibility index (Phi) is 10.1. The first kappa shape index (κ1) is 32.2. The Morgan fingerprint density at radius 2 is 1.68 bits per heavy atom. The van der Waals surface area contributed by atoms with Gasteiger partial charge in [-0.15, -0.1) is 0 Å². The number of hydroxylamine groups is 1. The Hall–Kier alpha value is -3.24. The van der Waals surface area contributed by atoms with Crippen molar-refractivity contribution < 1.29 is 54.1 Å². The lowest BCUT2D eigenvalue weighted by Crippen LogP contribution is -2.67. The van der Waals surface area contributed by atoms with Gasteiger partial charge in [0, 0.05) is 10.6 Å². The minimum Gasteiger partial charge on any atom is -0.452 e. The molecule has 13 nitrogen and oxygen atoms in total. The highest BCUT2D eigenvalue weighted by Gasteiger charge is 2.53. The van der Waals surface area contributed by atoms with Crippen LogP contribution in [0.3, 0.4) is 0 Å². The van der Waals surface area contributed by atoms with E-state index in [4.69, 9.17) is 35.4 Å². The number of allylic oxidation sites excluding steroid dienone is 1. The number of rotatable bonds is 9. The number of carbonyl (C=O) groups excluding carboxylic acids is 1. The van der Waals surface area contributed by atoms with Crippen LogP contribution in [0.5, 0.6) is 5.75 Å². The number of halogens is 1. The van der Waals surface area contributed by atoms with Crippen LogP contribution in [0, 0.1) is 0 Å². The Morgan fingerprint density at radius 3 is 2.39 bits per heavy atom. The predicted octanol–water partition coefficient (Wildman–Crippen LogP) is 0.476. The number of carbonyl (C=O) groups is 1. The molecule has 3 aliphatic rings. The summed E-state index contributed by atoms with van der Waals surface area (Å²) >= 11 is 5.98. The molecule has 2 heterocycles. The van der Waals surface area contributed by atoms with E-state index < -0.39 is 61.0 Å². The van der Waals surface area contributed by atoms with E-state index in [-0.39, 0.29) is 24.7 Å². The van der Waals surface area contributed by atoms with E-state index in [1.165, 1.54) is 0 Å². The maximum atomic E-state index is 12.8. The van der Waals surface area contributed by atoms with Crippen LogP contribution in [0.2, 0.25) is 5.02 Å². The minimum atomic E-state index is -1.45. The molecule has 0 aromatic heterocycles. The minimum absolute atomic E-state index is 0.0676. The van der Waals surface area contributed by atoms with Crippen molar-refractivity contribution in [2.75, 3.05) is 6.79 Å². The molecule has 1 amide bonds. The molecule has 0 bridgehead atoms. The number of aliphatic hydroxyl groups excluding tert-OH is 5. The van der Waals surface area contributed by atoms with Gasteiger partial charge in [0.1, 0.15) is 49.2 Å². The van der Waals surface area contributed by atoms with E-state index in [0.29, 0.717) is 22.0 Å². The quantitative estimate of drug-likeness (QED) is 0.149. The Balaban J connectivity index is 1.15. The molecule has 1 aliphatic carbocycles. The summed E-state index contributed by atoms with van der Waals surface area (Å²) in [5, 5.41) is 55.5. The Morgan fingerprint density at radius 1 is 0.977 bits per heavy atom. The summed E-state index contributed by atoms with van der Waals surface area (Å²) in [5.41, 5.74) is 4.79. The number of amides is 1. The van der Waals surface area contributed by atoms with Crippen molar-refractivity contribution in [3.8, 4) is 5.75 Å². The molecule has 3 fully saturated rings. The molecule has 2 aromatic rings. The SMILES string of the molecule is CC(=Cc1ccc(O[C@@H]2OC(=C(C)NOCc3cccc(Cl)c3)[C@H](O)[C@@H]2O)cc1)C(=O)NC1C(O)C(O)C2OCOC2C1O. The van der Waals surface area contributed by atoms with Gasteiger partial charge in [0.05, 0.1) is 18.3 Å². The molecule has 238 valence electrons. The van der Waals surface area contributed by atoms with E-state index in [9.17, 15) is 30.3 Å². The van der Waals surface area contributed by atoms with Crippen molar-refractivity contribution in [3.63, 3.8) is 0 Å². The lowest BCUT2D eigenvalue weighted by Gasteiger charge is -2.41. The summed E-state index contributed by atoms with van der Waals surface area (Å²) in [6, 6.07) is 12.5. The fraction of sp³-hybridized carbons (Fsp3) is 0.433. The smallest absolute Gasteiger partial charge is 0.269 e. The van der Waals surface area contributed by atoms with E-state index >= 15 is 0 Å². The predicted molar refractivity (Wildman–Crippen MR) is 154 cm³/mol. The average molecular weight is 635 g/mol. The molecular weight excluding hydrogens is 600 g/mol. The number of hydrogen-bond acceptors (Lipinski definition) is 12. The van der Waals surface area contributed by atoms with Crippen LogP contribution >= 0.6 is 11.6 Å². The van der Waals surface area contributed by atoms with Gasteiger partial charge in [-0.3, -0.25) is 15.1 Å². The second kappa shape index (κ2) is 13.8. The standard InChI is InChI=1S/C30H35ClN2O11/c1-14(29(39)32-20-21(34)23(36)28-27(22(20)35)40-13-41-28)10-16-6-8-19(9-7-16)43-30-25(38)24(37)26(44-30)15(2)33-42-12-17-4-3-5-18(31)11-17/h3-11,20-25,27-28,30,33-38H,12-13H2,1-2H3,(H,32,39)/t20?,21?,22?,23?,24-,25+,27?,28?,30-/m1/s1. The summed E-state index contributed by atoms with van der Waals surface area (Å²) in [5.74, 6) is -0.160. The molecule has 0 spiro atoms. The zero-order valence-corrected chi connectivity index (χ0v) is 24.6. The van der Waals surface area contributed by atoms with Crippen LogP contribution in [-0.4, -0.2) is 93.3 Å². The van der Waals surface area contributed by atoms with Gasteiger partial charge < -0.3 is 49.8 Å². The molecule has 2 aliphatic heterocycles. The van der Waals surface area contributed by atoms with E-state index in [2.05, 4.69) is 10.8 Å². The average Bonchev–Trinajstić information content (AvgIpc) is 3.60. The number of fused-ring (bicyclic) bond motifs is 1. The number of aliphatic hydroxyl groups is 5. The van der Waals surface area contributed by atoms with E-state index in [0.717, 1.165) is 5.56 Å². The number of hydrogen-bond donors (Lipinski definition) is 7. The van der Waals surface area contributed by atoms with Crippen molar-refractivity contribution in [3.05, 3.63) is 81.7 Å².